The van der Waals surface area contributed by atoms with Gasteiger partial charge in [0.1, 0.15) is 0 Å². The maximum Gasteiger partial charge on any atom is 0.0672 e. The standard InChI is InChI=1S/C12H20N2S/c1-15-11-6-5-10(7-11)14-12-4-2-3-9(12)8-13/h9-12,14H,2-7H2,1H3. The third-order valence-corrected chi connectivity index (χ3v) is 4.94. The number of nitrogens with one attached hydrogen (secondary N) is 1. The van der Waals surface area contributed by atoms with Gasteiger partial charge in [0.2, 0.25) is 0 Å². The molecule has 84 valence electrons. The minimum absolute atomic E-state index is 0.276. The van der Waals surface area contributed by atoms with Gasteiger partial charge in [-0.05, 0) is 38.4 Å². The molecule has 0 radical (unpaired) electrons. The van der Waals surface area contributed by atoms with Crippen molar-refractivity contribution in [1.82, 2.24) is 5.32 Å². The molecular weight excluding hydrogens is 204 g/mol. The number of hydrogen-bond donors (Lipinski definition) is 1. The predicted octanol–water partition coefficient (Wildman–Crippen LogP) is 2.55. The lowest BCUT2D eigenvalue weighted by Crippen LogP contribution is -2.38. The second-order valence-electron chi connectivity index (χ2n) is 4.81. The summed E-state index contributed by atoms with van der Waals surface area (Å²) < 4.78 is 0. The van der Waals surface area contributed by atoms with Gasteiger partial charge in [-0.2, -0.15) is 17.0 Å². The summed E-state index contributed by atoms with van der Waals surface area (Å²) in [6.07, 6.45) is 9.71. The molecular formula is C12H20N2S. The van der Waals surface area contributed by atoms with Crippen LogP contribution in [0.15, 0.2) is 0 Å². The van der Waals surface area contributed by atoms with Crippen molar-refractivity contribution in [2.45, 2.75) is 55.9 Å². The smallest absolute Gasteiger partial charge is 0.0672 e. The third kappa shape index (κ3) is 2.68. The third-order valence-electron chi connectivity index (χ3n) is 3.85. The first-order chi connectivity index (χ1) is 7.33. The first-order valence-corrected chi connectivity index (χ1v) is 7.30. The van der Waals surface area contributed by atoms with Gasteiger partial charge in [0.15, 0.2) is 0 Å². The van der Waals surface area contributed by atoms with Crippen LogP contribution in [0.1, 0.15) is 38.5 Å². The monoisotopic (exact) mass is 224 g/mol. The molecule has 2 nitrogen and oxygen atoms in total. The highest BCUT2D eigenvalue weighted by Gasteiger charge is 2.31. The SMILES string of the molecule is CSC1CCC(NC2CCCC2C#N)C1. The Kier molecular flexibility index (Phi) is 3.93. The summed E-state index contributed by atoms with van der Waals surface area (Å²) >= 11 is 2.00. The molecule has 0 aromatic carbocycles. The minimum atomic E-state index is 0.276. The Balaban J connectivity index is 1.80. The molecule has 0 aromatic rings. The molecule has 3 heteroatoms. The van der Waals surface area contributed by atoms with Crippen LogP contribution in [0.5, 0.6) is 0 Å². The summed E-state index contributed by atoms with van der Waals surface area (Å²) in [6, 6.07) is 3.61. The van der Waals surface area contributed by atoms with Crippen molar-refractivity contribution >= 4 is 11.8 Å². The summed E-state index contributed by atoms with van der Waals surface area (Å²) in [5.41, 5.74) is 0. The molecule has 0 spiro atoms. The van der Waals surface area contributed by atoms with E-state index < -0.39 is 0 Å². The number of nitriles is 1. The summed E-state index contributed by atoms with van der Waals surface area (Å²) in [7, 11) is 0. The molecule has 2 fully saturated rings. The Hall–Kier alpha value is -0.200. The molecule has 2 saturated carbocycles. The summed E-state index contributed by atoms with van der Waals surface area (Å²) in [5, 5.41) is 13.6. The zero-order valence-corrected chi connectivity index (χ0v) is 10.2. The first-order valence-electron chi connectivity index (χ1n) is 6.02. The number of hydrogen-bond acceptors (Lipinski definition) is 3. The van der Waals surface area contributed by atoms with Crippen LogP contribution < -0.4 is 5.32 Å². The van der Waals surface area contributed by atoms with Crippen LogP contribution in [0.4, 0.5) is 0 Å². The van der Waals surface area contributed by atoms with Crippen LogP contribution in [0.3, 0.4) is 0 Å². The summed E-state index contributed by atoms with van der Waals surface area (Å²) in [5.74, 6) is 0.276. The van der Waals surface area contributed by atoms with Crippen molar-refractivity contribution in [1.29, 1.82) is 5.26 Å². The molecule has 0 heterocycles. The average Bonchev–Trinajstić information content (AvgIpc) is 2.87. The van der Waals surface area contributed by atoms with Crippen molar-refractivity contribution in [3.05, 3.63) is 0 Å². The van der Waals surface area contributed by atoms with E-state index in [2.05, 4.69) is 17.6 Å². The molecule has 2 aliphatic carbocycles. The zero-order valence-electron chi connectivity index (χ0n) is 9.41. The quantitative estimate of drug-likeness (QED) is 0.800. The Morgan fingerprint density at radius 3 is 2.80 bits per heavy atom. The molecule has 15 heavy (non-hydrogen) atoms. The van der Waals surface area contributed by atoms with Gasteiger partial charge < -0.3 is 5.32 Å². The fraction of sp³-hybridized carbons (Fsp3) is 0.917. The summed E-state index contributed by atoms with van der Waals surface area (Å²) in [6.45, 7) is 0. The molecule has 2 rings (SSSR count). The van der Waals surface area contributed by atoms with Crippen molar-refractivity contribution in [3.8, 4) is 6.07 Å². The van der Waals surface area contributed by atoms with Gasteiger partial charge in [-0.1, -0.05) is 6.42 Å². The molecule has 0 amide bonds. The maximum absolute atomic E-state index is 9.01. The van der Waals surface area contributed by atoms with Crippen molar-refractivity contribution in [2.24, 2.45) is 5.92 Å². The highest BCUT2D eigenvalue weighted by molar-refractivity contribution is 7.99. The zero-order chi connectivity index (χ0) is 10.7. The molecule has 4 atom stereocenters. The van der Waals surface area contributed by atoms with Gasteiger partial charge in [-0.3, -0.25) is 0 Å². The van der Waals surface area contributed by atoms with E-state index in [4.69, 9.17) is 5.26 Å². The van der Waals surface area contributed by atoms with E-state index in [0.717, 1.165) is 11.7 Å². The van der Waals surface area contributed by atoms with Crippen molar-refractivity contribution < 1.29 is 0 Å². The Morgan fingerprint density at radius 1 is 1.27 bits per heavy atom. The van der Waals surface area contributed by atoms with Gasteiger partial charge in [0.25, 0.3) is 0 Å². The lowest BCUT2D eigenvalue weighted by atomic mass is 10.0. The molecule has 2 aliphatic rings. The predicted molar refractivity (Wildman–Crippen MR) is 64.8 cm³/mol. The lowest BCUT2D eigenvalue weighted by Gasteiger charge is -2.21. The van der Waals surface area contributed by atoms with Crippen LogP contribution in [0.2, 0.25) is 0 Å². The lowest BCUT2D eigenvalue weighted by molar-refractivity contribution is 0.399. The van der Waals surface area contributed by atoms with E-state index in [1.807, 2.05) is 11.8 Å². The highest BCUT2D eigenvalue weighted by Crippen LogP contribution is 2.31. The minimum Gasteiger partial charge on any atom is -0.310 e. The van der Waals surface area contributed by atoms with Crippen LogP contribution >= 0.6 is 11.8 Å². The van der Waals surface area contributed by atoms with Crippen molar-refractivity contribution in [2.75, 3.05) is 6.26 Å². The van der Waals surface area contributed by atoms with Crippen LogP contribution in [-0.2, 0) is 0 Å². The fourth-order valence-corrected chi connectivity index (χ4v) is 3.72. The number of nitrogens with zero attached hydrogens (tertiary/aromatic N) is 1. The van der Waals surface area contributed by atoms with Crippen LogP contribution in [-0.4, -0.2) is 23.6 Å². The fourth-order valence-electron chi connectivity index (χ4n) is 2.92. The second kappa shape index (κ2) is 5.23. The van der Waals surface area contributed by atoms with E-state index >= 15 is 0 Å². The largest absolute Gasteiger partial charge is 0.310 e. The molecule has 1 N–H and O–H groups in total. The number of thioether (sulfide) groups is 1. The van der Waals surface area contributed by atoms with E-state index in [1.165, 1.54) is 32.1 Å². The maximum atomic E-state index is 9.01. The molecule has 0 aliphatic heterocycles. The first kappa shape index (κ1) is 11.3. The normalized spacial score (nSPS) is 40.5. The topological polar surface area (TPSA) is 35.8 Å². The average molecular weight is 224 g/mol. The molecule has 0 saturated heterocycles. The Morgan fingerprint density at radius 2 is 2.13 bits per heavy atom. The van der Waals surface area contributed by atoms with Crippen molar-refractivity contribution in [3.63, 3.8) is 0 Å². The number of rotatable bonds is 3. The van der Waals surface area contributed by atoms with E-state index in [0.29, 0.717) is 12.1 Å². The second-order valence-corrected chi connectivity index (χ2v) is 5.95. The van der Waals surface area contributed by atoms with E-state index in [1.54, 1.807) is 0 Å². The molecule has 0 aromatic heterocycles. The highest BCUT2D eigenvalue weighted by atomic mass is 32.2. The van der Waals surface area contributed by atoms with Gasteiger partial charge in [-0.25, -0.2) is 0 Å². The van der Waals surface area contributed by atoms with Gasteiger partial charge in [0, 0.05) is 17.3 Å². The Labute approximate surface area is 96.8 Å². The van der Waals surface area contributed by atoms with E-state index in [9.17, 15) is 0 Å². The van der Waals surface area contributed by atoms with Gasteiger partial charge >= 0.3 is 0 Å². The molecule has 0 bridgehead atoms. The van der Waals surface area contributed by atoms with Crippen LogP contribution in [0.25, 0.3) is 0 Å². The van der Waals surface area contributed by atoms with Gasteiger partial charge in [-0.15, -0.1) is 0 Å². The summed E-state index contributed by atoms with van der Waals surface area (Å²) in [4.78, 5) is 0. The van der Waals surface area contributed by atoms with Gasteiger partial charge in [0.05, 0.1) is 12.0 Å². The Bertz CT molecular complexity index is 248. The van der Waals surface area contributed by atoms with E-state index in [-0.39, 0.29) is 5.92 Å². The van der Waals surface area contributed by atoms with Crippen LogP contribution in [0, 0.1) is 17.2 Å². The molecule has 4 unspecified atom stereocenters.